The number of thioether (sulfide) groups is 1. The van der Waals surface area contributed by atoms with Gasteiger partial charge in [0.05, 0.1) is 11.2 Å². The van der Waals surface area contributed by atoms with Gasteiger partial charge in [-0.2, -0.15) is 0 Å². The first-order valence-electron chi connectivity index (χ1n) is 7.37. The summed E-state index contributed by atoms with van der Waals surface area (Å²) in [5, 5.41) is 4.52. The van der Waals surface area contributed by atoms with E-state index < -0.39 is 0 Å². The molecular formula is C15H18N4OS2. The summed E-state index contributed by atoms with van der Waals surface area (Å²) in [7, 11) is 0. The van der Waals surface area contributed by atoms with Gasteiger partial charge in [0.2, 0.25) is 0 Å². The molecule has 3 rings (SSSR count). The molecule has 116 valence electrons. The fourth-order valence-corrected chi connectivity index (χ4v) is 4.35. The number of rotatable bonds is 4. The van der Waals surface area contributed by atoms with E-state index in [4.69, 9.17) is 0 Å². The Labute approximate surface area is 138 Å². The predicted octanol–water partition coefficient (Wildman–Crippen LogP) is 3.07. The number of hydrogen-bond donors (Lipinski definition) is 1. The van der Waals surface area contributed by atoms with Crippen LogP contribution in [-0.2, 0) is 0 Å². The number of aromatic nitrogens is 3. The Hall–Kier alpha value is -1.47. The standard InChI is InChI=1S/C15H18N4OS2/c1-10-13(21-9-18-10)14(20)19-11-3-5-12(6-4-11)22-15-16-7-2-8-17-15/h2,7-9,11-12H,3-6H2,1H3,(H,19,20). The molecule has 0 aromatic carbocycles. The predicted molar refractivity (Wildman–Crippen MR) is 88.3 cm³/mol. The Morgan fingerprint density at radius 3 is 2.59 bits per heavy atom. The number of hydrogen-bond acceptors (Lipinski definition) is 6. The molecule has 2 heterocycles. The van der Waals surface area contributed by atoms with Gasteiger partial charge in [-0.1, -0.05) is 11.8 Å². The summed E-state index contributed by atoms with van der Waals surface area (Å²) in [6, 6.07) is 2.10. The minimum absolute atomic E-state index is 0.0162. The zero-order valence-corrected chi connectivity index (χ0v) is 14.0. The van der Waals surface area contributed by atoms with E-state index in [0.29, 0.717) is 5.25 Å². The van der Waals surface area contributed by atoms with E-state index in [1.165, 1.54) is 11.3 Å². The highest BCUT2D eigenvalue weighted by molar-refractivity contribution is 7.99. The molecule has 1 N–H and O–H groups in total. The smallest absolute Gasteiger partial charge is 0.263 e. The molecule has 22 heavy (non-hydrogen) atoms. The monoisotopic (exact) mass is 334 g/mol. The third-order valence-corrected chi connectivity index (χ3v) is 5.93. The minimum Gasteiger partial charge on any atom is -0.349 e. The molecule has 2 aromatic heterocycles. The second-order valence-electron chi connectivity index (χ2n) is 5.36. The van der Waals surface area contributed by atoms with Crippen molar-refractivity contribution in [1.29, 1.82) is 0 Å². The molecule has 0 spiro atoms. The van der Waals surface area contributed by atoms with E-state index >= 15 is 0 Å². The molecule has 1 aliphatic rings. The lowest BCUT2D eigenvalue weighted by Crippen LogP contribution is -2.38. The van der Waals surface area contributed by atoms with Gasteiger partial charge in [0, 0.05) is 23.7 Å². The molecule has 1 fully saturated rings. The summed E-state index contributed by atoms with van der Waals surface area (Å²) >= 11 is 3.15. The Kier molecular flexibility index (Phi) is 5.04. The van der Waals surface area contributed by atoms with Crippen molar-refractivity contribution in [1.82, 2.24) is 20.3 Å². The van der Waals surface area contributed by atoms with Crippen LogP contribution in [-0.4, -0.2) is 32.2 Å². The normalized spacial score (nSPS) is 21.5. The van der Waals surface area contributed by atoms with Crippen molar-refractivity contribution in [3.05, 3.63) is 34.5 Å². The topological polar surface area (TPSA) is 67.8 Å². The molecule has 1 aliphatic carbocycles. The summed E-state index contributed by atoms with van der Waals surface area (Å²) < 4.78 is 0. The third-order valence-electron chi connectivity index (χ3n) is 3.78. The van der Waals surface area contributed by atoms with Crippen LogP contribution in [0.5, 0.6) is 0 Å². The molecule has 7 heteroatoms. The zero-order valence-electron chi connectivity index (χ0n) is 12.4. The Balaban J connectivity index is 1.48. The van der Waals surface area contributed by atoms with Gasteiger partial charge in [0.1, 0.15) is 4.88 Å². The largest absolute Gasteiger partial charge is 0.349 e. The van der Waals surface area contributed by atoms with Crippen molar-refractivity contribution in [2.45, 2.75) is 49.1 Å². The molecule has 1 saturated carbocycles. The molecule has 0 aliphatic heterocycles. The van der Waals surface area contributed by atoms with Crippen molar-refractivity contribution in [3.8, 4) is 0 Å². The third kappa shape index (κ3) is 3.84. The van der Waals surface area contributed by atoms with Crippen LogP contribution < -0.4 is 5.32 Å². The summed E-state index contributed by atoms with van der Waals surface area (Å²) in [4.78, 5) is 25.6. The quantitative estimate of drug-likeness (QED) is 0.870. The van der Waals surface area contributed by atoms with Gasteiger partial charge in [-0.15, -0.1) is 11.3 Å². The molecule has 0 radical (unpaired) electrons. The van der Waals surface area contributed by atoms with Gasteiger partial charge in [-0.05, 0) is 38.7 Å². The fraction of sp³-hybridized carbons (Fsp3) is 0.467. The molecule has 2 aromatic rings. The first-order chi connectivity index (χ1) is 10.7. The summed E-state index contributed by atoms with van der Waals surface area (Å²) in [6.45, 7) is 1.87. The first kappa shape index (κ1) is 15.4. The van der Waals surface area contributed by atoms with Gasteiger partial charge in [-0.25, -0.2) is 15.0 Å². The van der Waals surface area contributed by atoms with Crippen molar-refractivity contribution in [2.24, 2.45) is 0 Å². The lowest BCUT2D eigenvalue weighted by Gasteiger charge is -2.28. The summed E-state index contributed by atoms with van der Waals surface area (Å²) in [6.07, 6.45) is 7.73. The molecule has 5 nitrogen and oxygen atoms in total. The number of nitrogens with one attached hydrogen (secondary N) is 1. The Bertz CT molecular complexity index is 623. The summed E-state index contributed by atoms with van der Waals surface area (Å²) in [5.74, 6) is 0.0162. The highest BCUT2D eigenvalue weighted by atomic mass is 32.2. The van der Waals surface area contributed by atoms with Gasteiger partial charge < -0.3 is 5.32 Å². The molecular weight excluding hydrogens is 316 g/mol. The highest BCUT2D eigenvalue weighted by Gasteiger charge is 2.24. The van der Waals surface area contributed by atoms with E-state index in [1.807, 2.05) is 13.0 Å². The number of aryl methyl sites for hydroxylation is 1. The number of carbonyl (C=O) groups excluding carboxylic acids is 1. The number of nitrogens with zero attached hydrogens (tertiary/aromatic N) is 3. The van der Waals surface area contributed by atoms with Crippen molar-refractivity contribution < 1.29 is 4.79 Å². The Morgan fingerprint density at radius 2 is 1.95 bits per heavy atom. The van der Waals surface area contributed by atoms with Crippen LogP contribution in [0.2, 0.25) is 0 Å². The van der Waals surface area contributed by atoms with Crippen LogP contribution in [0.15, 0.2) is 29.1 Å². The zero-order chi connectivity index (χ0) is 15.4. The maximum absolute atomic E-state index is 12.2. The maximum Gasteiger partial charge on any atom is 0.263 e. The highest BCUT2D eigenvalue weighted by Crippen LogP contribution is 2.32. The lowest BCUT2D eigenvalue weighted by molar-refractivity contribution is 0.0931. The maximum atomic E-state index is 12.2. The second-order valence-corrected chi connectivity index (χ2v) is 7.49. The average molecular weight is 334 g/mol. The van der Waals surface area contributed by atoms with Crippen LogP contribution in [0.1, 0.15) is 41.0 Å². The lowest BCUT2D eigenvalue weighted by atomic mass is 9.95. The van der Waals surface area contributed by atoms with E-state index in [2.05, 4.69) is 20.3 Å². The van der Waals surface area contributed by atoms with Crippen LogP contribution in [0, 0.1) is 6.92 Å². The summed E-state index contributed by atoms with van der Waals surface area (Å²) in [5.41, 5.74) is 2.53. The van der Waals surface area contributed by atoms with Crippen molar-refractivity contribution in [3.63, 3.8) is 0 Å². The SMILES string of the molecule is Cc1ncsc1C(=O)NC1CCC(Sc2ncccn2)CC1. The van der Waals surface area contributed by atoms with Crippen molar-refractivity contribution in [2.75, 3.05) is 0 Å². The number of thiazole rings is 1. The van der Waals surface area contributed by atoms with Crippen LogP contribution in [0.3, 0.4) is 0 Å². The minimum atomic E-state index is 0.0162. The van der Waals surface area contributed by atoms with Crippen molar-refractivity contribution >= 4 is 29.0 Å². The van der Waals surface area contributed by atoms with E-state index in [0.717, 1.165) is 41.4 Å². The molecule has 0 unspecified atom stereocenters. The molecule has 0 bridgehead atoms. The molecule has 0 saturated heterocycles. The van der Waals surface area contributed by atoms with E-state index in [1.54, 1.807) is 29.7 Å². The Morgan fingerprint density at radius 1 is 1.23 bits per heavy atom. The van der Waals surface area contributed by atoms with Gasteiger partial charge >= 0.3 is 0 Å². The van der Waals surface area contributed by atoms with Crippen LogP contribution in [0.4, 0.5) is 0 Å². The van der Waals surface area contributed by atoms with Gasteiger partial charge in [-0.3, -0.25) is 4.79 Å². The van der Waals surface area contributed by atoms with Gasteiger partial charge in [0.25, 0.3) is 5.91 Å². The van der Waals surface area contributed by atoms with Crippen LogP contribution in [0.25, 0.3) is 0 Å². The van der Waals surface area contributed by atoms with Gasteiger partial charge in [0.15, 0.2) is 5.16 Å². The fourth-order valence-electron chi connectivity index (χ4n) is 2.59. The van der Waals surface area contributed by atoms with E-state index in [9.17, 15) is 4.79 Å². The molecule has 1 amide bonds. The number of carbonyl (C=O) groups is 1. The first-order valence-corrected chi connectivity index (χ1v) is 9.13. The second kappa shape index (κ2) is 7.19. The van der Waals surface area contributed by atoms with E-state index in [-0.39, 0.29) is 11.9 Å². The average Bonchev–Trinajstić information content (AvgIpc) is 2.96. The number of amides is 1. The van der Waals surface area contributed by atoms with Crippen LogP contribution >= 0.6 is 23.1 Å². The molecule has 0 atom stereocenters.